The van der Waals surface area contributed by atoms with Crippen LogP contribution in [0.3, 0.4) is 0 Å². The third kappa shape index (κ3) is 5.61. The molecule has 1 heterocycles. The molecule has 1 saturated heterocycles. The van der Waals surface area contributed by atoms with E-state index >= 15 is 0 Å². The Morgan fingerprint density at radius 3 is 2.41 bits per heavy atom. The van der Waals surface area contributed by atoms with Gasteiger partial charge in [0.05, 0.1) is 30.5 Å². The number of rotatable bonds is 6. The molecular weight excluding hydrogens is 439 g/mol. The van der Waals surface area contributed by atoms with Gasteiger partial charge in [-0.15, -0.1) is 0 Å². The Labute approximate surface area is 187 Å². The summed E-state index contributed by atoms with van der Waals surface area (Å²) in [6.45, 7) is 1.30. The largest absolute Gasteiger partial charge is 0.416 e. The number of benzene rings is 3. The summed E-state index contributed by atoms with van der Waals surface area (Å²) in [4.78, 5) is 13.5. The fourth-order valence-corrected chi connectivity index (χ4v) is 3.82. The van der Waals surface area contributed by atoms with Gasteiger partial charge in [0.25, 0.3) is 0 Å². The van der Waals surface area contributed by atoms with Gasteiger partial charge in [-0.25, -0.2) is 4.79 Å². The number of urea groups is 1. The van der Waals surface area contributed by atoms with Crippen LogP contribution in [0.4, 0.5) is 29.3 Å². The van der Waals surface area contributed by atoms with Crippen molar-refractivity contribution in [1.29, 1.82) is 0 Å². The molecule has 0 saturated carbocycles. The van der Waals surface area contributed by atoms with Crippen molar-refractivity contribution in [3.63, 3.8) is 0 Å². The SMILES string of the molecule is O=C(Nc1cccc(C(F)(F)F)c1)Nc1cc(SNC2COC2)ccc1-c1ccccc1. The number of carbonyl (C=O) groups is 1. The summed E-state index contributed by atoms with van der Waals surface area (Å²) in [6.07, 6.45) is -4.49. The maximum absolute atomic E-state index is 13.0. The smallest absolute Gasteiger partial charge is 0.378 e. The highest BCUT2D eigenvalue weighted by Crippen LogP contribution is 2.33. The molecule has 9 heteroatoms. The Bertz CT molecular complexity index is 1090. The van der Waals surface area contributed by atoms with E-state index in [-0.39, 0.29) is 11.7 Å². The van der Waals surface area contributed by atoms with Gasteiger partial charge >= 0.3 is 12.2 Å². The van der Waals surface area contributed by atoms with Crippen LogP contribution < -0.4 is 15.4 Å². The van der Waals surface area contributed by atoms with E-state index in [1.165, 1.54) is 24.1 Å². The Morgan fingerprint density at radius 1 is 0.938 bits per heavy atom. The number of anilines is 2. The van der Waals surface area contributed by atoms with Crippen LogP contribution >= 0.6 is 11.9 Å². The van der Waals surface area contributed by atoms with Crippen molar-refractivity contribution in [2.45, 2.75) is 17.1 Å². The van der Waals surface area contributed by atoms with Crippen LogP contribution in [0.2, 0.25) is 0 Å². The first kappa shape index (κ1) is 22.2. The molecule has 166 valence electrons. The van der Waals surface area contributed by atoms with Gasteiger partial charge in [0.2, 0.25) is 0 Å². The number of alkyl halides is 3. The van der Waals surface area contributed by atoms with E-state index in [0.29, 0.717) is 18.9 Å². The lowest BCUT2D eigenvalue weighted by Crippen LogP contribution is -2.42. The molecule has 0 spiro atoms. The number of amides is 2. The Balaban J connectivity index is 1.54. The first-order valence-corrected chi connectivity index (χ1v) is 10.6. The van der Waals surface area contributed by atoms with Crippen LogP contribution in [0.1, 0.15) is 5.56 Å². The summed E-state index contributed by atoms with van der Waals surface area (Å²) in [5.41, 5.74) is 1.46. The summed E-state index contributed by atoms with van der Waals surface area (Å²) in [5.74, 6) is 0. The molecular formula is C23H20F3N3O2S. The maximum Gasteiger partial charge on any atom is 0.416 e. The van der Waals surface area contributed by atoms with E-state index in [1.807, 2.05) is 48.5 Å². The van der Waals surface area contributed by atoms with E-state index < -0.39 is 17.8 Å². The highest BCUT2D eigenvalue weighted by molar-refractivity contribution is 7.97. The van der Waals surface area contributed by atoms with Crippen LogP contribution in [0, 0.1) is 0 Å². The van der Waals surface area contributed by atoms with Crippen LogP contribution in [0.15, 0.2) is 77.7 Å². The molecule has 0 radical (unpaired) electrons. The van der Waals surface area contributed by atoms with Crippen LogP contribution in [0.25, 0.3) is 11.1 Å². The highest BCUT2D eigenvalue weighted by atomic mass is 32.2. The molecule has 0 aliphatic carbocycles. The van der Waals surface area contributed by atoms with Crippen molar-refractivity contribution < 1.29 is 22.7 Å². The van der Waals surface area contributed by atoms with Gasteiger partial charge < -0.3 is 15.4 Å². The minimum atomic E-state index is -4.49. The van der Waals surface area contributed by atoms with Gasteiger partial charge in [0.15, 0.2) is 0 Å². The van der Waals surface area contributed by atoms with Crippen molar-refractivity contribution >= 4 is 29.4 Å². The number of hydrogen-bond donors (Lipinski definition) is 3. The monoisotopic (exact) mass is 459 g/mol. The zero-order valence-electron chi connectivity index (χ0n) is 16.8. The van der Waals surface area contributed by atoms with Gasteiger partial charge in [-0.1, -0.05) is 42.5 Å². The first-order chi connectivity index (χ1) is 15.4. The molecule has 5 nitrogen and oxygen atoms in total. The quantitative estimate of drug-likeness (QED) is 0.395. The Hall–Kier alpha value is -3.01. The first-order valence-electron chi connectivity index (χ1n) is 9.83. The Morgan fingerprint density at radius 2 is 1.72 bits per heavy atom. The summed E-state index contributed by atoms with van der Waals surface area (Å²) in [7, 11) is 0. The minimum Gasteiger partial charge on any atom is -0.378 e. The van der Waals surface area contributed by atoms with Crippen molar-refractivity contribution in [3.8, 4) is 11.1 Å². The van der Waals surface area contributed by atoms with Gasteiger partial charge in [-0.3, -0.25) is 4.72 Å². The van der Waals surface area contributed by atoms with E-state index in [4.69, 9.17) is 4.74 Å². The second-order valence-corrected chi connectivity index (χ2v) is 8.10. The average molecular weight is 459 g/mol. The van der Waals surface area contributed by atoms with Gasteiger partial charge in [-0.2, -0.15) is 13.2 Å². The van der Waals surface area contributed by atoms with Crippen molar-refractivity contribution in [3.05, 3.63) is 78.4 Å². The summed E-state index contributed by atoms with van der Waals surface area (Å²) < 4.78 is 47.3. The molecule has 1 fully saturated rings. The topological polar surface area (TPSA) is 62.4 Å². The molecule has 3 N–H and O–H groups in total. The molecule has 4 rings (SSSR count). The number of halogens is 3. The second kappa shape index (κ2) is 9.64. The molecule has 2 amide bonds. The molecule has 0 atom stereocenters. The molecule has 32 heavy (non-hydrogen) atoms. The number of hydrogen-bond acceptors (Lipinski definition) is 4. The van der Waals surface area contributed by atoms with Crippen LogP contribution in [-0.4, -0.2) is 25.3 Å². The van der Waals surface area contributed by atoms with Crippen LogP contribution in [0.5, 0.6) is 0 Å². The molecule has 0 unspecified atom stereocenters. The molecule has 3 aromatic carbocycles. The molecule has 1 aliphatic heterocycles. The predicted molar refractivity (Wildman–Crippen MR) is 120 cm³/mol. The number of carbonyl (C=O) groups excluding carboxylic acids is 1. The summed E-state index contributed by atoms with van der Waals surface area (Å²) >= 11 is 1.43. The molecule has 3 aromatic rings. The fraction of sp³-hybridized carbons (Fsp3) is 0.174. The lowest BCUT2D eigenvalue weighted by molar-refractivity contribution is -0.137. The summed E-state index contributed by atoms with van der Waals surface area (Å²) in [6, 6.07) is 19.3. The summed E-state index contributed by atoms with van der Waals surface area (Å²) in [5, 5.41) is 5.26. The van der Waals surface area contributed by atoms with Crippen molar-refractivity contribution in [2.24, 2.45) is 0 Å². The predicted octanol–water partition coefficient (Wildman–Crippen LogP) is 6.01. The van der Waals surface area contributed by atoms with Crippen molar-refractivity contribution in [2.75, 3.05) is 23.8 Å². The standard InChI is InChI=1S/C23H20F3N3O2S/c24-23(25,26)16-7-4-8-17(11-16)27-22(30)28-21-12-19(32-29-18-13-31-14-18)9-10-20(21)15-5-2-1-3-6-15/h1-12,18,29H,13-14H2,(H2,27,28,30). The van der Waals surface area contributed by atoms with E-state index in [1.54, 1.807) is 0 Å². The average Bonchev–Trinajstić information content (AvgIpc) is 2.73. The van der Waals surface area contributed by atoms with E-state index in [2.05, 4.69) is 15.4 Å². The molecule has 0 bridgehead atoms. The zero-order valence-corrected chi connectivity index (χ0v) is 17.6. The lowest BCUT2D eigenvalue weighted by Gasteiger charge is -2.26. The zero-order chi connectivity index (χ0) is 22.6. The van der Waals surface area contributed by atoms with Crippen LogP contribution in [-0.2, 0) is 10.9 Å². The van der Waals surface area contributed by atoms with E-state index in [9.17, 15) is 18.0 Å². The normalized spacial score (nSPS) is 14.0. The van der Waals surface area contributed by atoms with Gasteiger partial charge in [-0.05, 0) is 47.8 Å². The number of ether oxygens (including phenoxy) is 1. The van der Waals surface area contributed by atoms with Crippen molar-refractivity contribution in [1.82, 2.24) is 4.72 Å². The van der Waals surface area contributed by atoms with E-state index in [0.717, 1.165) is 28.2 Å². The lowest BCUT2D eigenvalue weighted by atomic mass is 10.0. The third-order valence-electron chi connectivity index (χ3n) is 4.75. The van der Waals surface area contributed by atoms with Gasteiger partial charge in [0.1, 0.15) is 0 Å². The number of nitrogens with one attached hydrogen (secondary N) is 3. The third-order valence-corrected chi connectivity index (χ3v) is 5.69. The molecule has 1 aliphatic rings. The fourth-order valence-electron chi connectivity index (χ4n) is 3.07. The highest BCUT2D eigenvalue weighted by Gasteiger charge is 2.30. The second-order valence-electron chi connectivity index (χ2n) is 7.19. The minimum absolute atomic E-state index is 0.0516. The Kier molecular flexibility index (Phi) is 6.69. The maximum atomic E-state index is 13.0. The molecule has 0 aromatic heterocycles. The van der Waals surface area contributed by atoms with Gasteiger partial charge in [0, 0.05) is 16.1 Å².